The number of hydrogen-bond donors (Lipinski definition) is 2. The van der Waals surface area contributed by atoms with E-state index >= 15 is 0 Å². The van der Waals surface area contributed by atoms with Gasteiger partial charge in [-0.3, -0.25) is 0 Å². The summed E-state index contributed by atoms with van der Waals surface area (Å²) in [6.45, 7) is 8.23. The van der Waals surface area contributed by atoms with Crippen molar-refractivity contribution in [3.63, 3.8) is 0 Å². The third-order valence-corrected chi connectivity index (χ3v) is 2.85. The van der Waals surface area contributed by atoms with Crippen LogP contribution in [0.5, 0.6) is 0 Å². The minimum atomic E-state index is 0.621. The van der Waals surface area contributed by atoms with Gasteiger partial charge in [-0.25, -0.2) is 0 Å². The summed E-state index contributed by atoms with van der Waals surface area (Å²) in [5.74, 6) is 2.70. The largest absolute Gasteiger partial charge is 0.354 e. The Morgan fingerprint density at radius 1 is 1.00 bits per heavy atom. The Bertz CT molecular complexity index is 391. The standard InChI is InChI=1S/C14H28N6/c1-6-15-12-17-13(19-14(18-12)20(4)5)16-10-8-7-9-11(2)3/h11H,6-10H2,1-5H3,(H2,15,16,17,18,19). The van der Waals surface area contributed by atoms with E-state index in [1.54, 1.807) is 0 Å². The fourth-order valence-electron chi connectivity index (χ4n) is 1.76. The number of hydrogen-bond acceptors (Lipinski definition) is 6. The van der Waals surface area contributed by atoms with Crippen LogP contribution in [0.15, 0.2) is 0 Å². The number of anilines is 3. The number of unbranched alkanes of at least 4 members (excludes halogenated alkanes) is 1. The molecule has 1 heterocycles. The van der Waals surface area contributed by atoms with Crippen molar-refractivity contribution in [2.24, 2.45) is 5.92 Å². The lowest BCUT2D eigenvalue weighted by Gasteiger charge is -2.13. The van der Waals surface area contributed by atoms with Gasteiger partial charge in [-0.05, 0) is 19.3 Å². The number of nitrogens with zero attached hydrogens (tertiary/aromatic N) is 4. The molecular formula is C14H28N6. The fraction of sp³-hybridized carbons (Fsp3) is 0.786. The smallest absolute Gasteiger partial charge is 0.231 e. The van der Waals surface area contributed by atoms with Crippen molar-refractivity contribution >= 4 is 17.8 Å². The predicted octanol–water partition coefficient (Wildman–Crippen LogP) is 2.61. The van der Waals surface area contributed by atoms with Crippen molar-refractivity contribution in [2.45, 2.75) is 40.0 Å². The summed E-state index contributed by atoms with van der Waals surface area (Å²) in [5.41, 5.74) is 0. The molecule has 2 N–H and O–H groups in total. The van der Waals surface area contributed by atoms with Crippen molar-refractivity contribution < 1.29 is 0 Å². The van der Waals surface area contributed by atoms with Gasteiger partial charge in [-0.1, -0.05) is 26.7 Å². The second-order valence-electron chi connectivity index (χ2n) is 5.52. The lowest BCUT2D eigenvalue weighted by atomic mass is 10.1. The third kappa shape index (κ3) is 6.04. The Labute approximate surface area is 122 Å². The molecule has 20 heavy (non-hydrogen) atoms. The van der Waals surface area contributed by atoms with Crippen LogP contribution in [0.3, 0.4) is 0 Å². The van der Waals surface area contributed by atoms with Crippen LogP contribution >= 0.6 is 0 Å². The number of aromatic nitrogens is 3. The molecule has 0 saturated carbocycles. The maximum Gasteiger partial charge on any atom is 0.231 e. The third-order valence-electron chi connectivity index (χ3n) is 2.85. The van der Waals surface area contributed by atoms with Crippen molar-refractivity contribution in [3.05, 3.63) is 0 Å². The van der Waals surface area contributed by atoms with Crippen molar-refractivity contribution in [3.8, 4) is 0 Å². The highest BCUT2D eigenvalue weighted by atomic mass is 15.3. The van der Waals surface area contributed by atoms with E-state index in [0.717, 1.165) is 25.4 Å². The minimum absolute atomic E-state index is 0.621. The molecule has 0 aliphatic heterocycles. The molecule has 0 fully saturated rings. The second kappa shape index (κ2) is 8.55. The molecule has 0 atom stereocenters. The van der Waals surface area contributed by atoms with E-state index in [2.05, 4.69) is 39.4 Å². The molecule has 0 amide bonds. The quantitative estimate of drug-likeness (QED) is 0.678. The van der Waals surface area contributed by atoms with E-state index < -0.39 is 0 Å². The highest BCUT2D eigenvalue weighted by molar-refractivity contribution is 5.42. The van der Waals surface area contributed by atoms with E-state index in [1.807, 2.05) is 25.9 Å². The van der Waals surface area contributed by atoms with Gasteiger partial charge in [0, 0.05) is 27.2 Å². The predicted molar refractivity (Wildman–Crippen MR) is 85.5 cm³/mol. The molecule has 0 aliphatic carbocycles. The Kier molecular flexibility index (Phi) is 7.04. The van der Waals surface area contributed by atoms with Gasteiger partial charge in [-0.15, -0.1) is 0 Å². The first-order chi connectivity index (χ1) is 9.52. The van der Waals surface area contributed by atoms with Crippen LogP contribution in [-0.2, 0) is 0 Å². The average Bonchev–Trinajstić information content (AvgIpc) is 2.38. The van der Waals surface area contributed by atoms with Crippen LogP contribution in [0.1, 0.15) is 40.0 Å². The summed E-state index contributed by atoms with van der Waals surface area (Å²) in [5, 5.41) is 6.41. The molecule has 0 radical (unpaired) electrons. The van der Waals surface area contributed by atoms with E-state index in [9.17, 15) is 0 Å². The van der Waals surface area contributed by atoms with Crippen molar-refractivity contribution in [1.82, 2.24) is 15.0 Å². The second-order valence-corrected chi connectivity index (χ2v) is 5.52. The number of nitrogens with one attached hydrogen (secondary N) is 2. The maximum absolute atomic E-state index is 4.40. The summed E-state index contributed by atoms with van der Waals surface area (Å²) in [4.78, 5) is 15.0. The summed E-state index contributed by atoms with van der Waals surface area (Å²) in [7, 11) is 3.86. The van der Waals surface area contributed by atoms with Crippen LogP contribution in [0.4, 0.5) is 17.8 Å². The summed E-state index contributed by atoms with van der Waals surface area (Å²) >= 11 is 0. The molecule has 0 bridgehead atoms. The molecule has 1 aromatic rings. The van der Waals surface area contributed by atoms with Gasteiger partial charge in [0.15, 0.2) is 0 Å². The molecule has 0 saturated heterocycles. The van der Waals surface area contributed by atoms with Crippen molar-refractivity contribution in [2.75, 3.05) is 42.7 Å². The van der Waals surface area contributed by atoms with E-state index in [4.69, 9.17) is 0 Å². The molecule has 0 aliphatic rings. The zero-order chi connectivity index (χ0) is 15.0. The molecule has 0 aromatic carbocycles. The van der Waals surface area contributed by atoms with Crippen LogP contribution in [-0.4, -0.2) is 42.1 Å². The zero-order valence-electron chi connectivity index (χ0n) is 13.4. The lowest BCUT2D eigenvalue weighted by molar-refractivity contribution is 0.544. The van der Waals surface area contributed by atoms with Gasteiger partial charge in [-0.2, -0.15) is 15.0 Å². The molecule has 6 nitrogen and oxygen atoms in total. The molecule has 114 valence electrons. The highest BCUT2D eigenvalue weighted by Gasteiger charge is 2.07. The van der Waals surface area contributed by atoms with E-state index in [0.29, 0.717) is 17.8 Å². The molecule has 1 aromatic heterocycles. The molecule has 1 rings (SSSR count). The SMILES string of the molecule is CCNc1nc(NCCCCC(C)C)nc(N(C)C)n1. The lowest BCUT2D eigenvalue weighted by Crippen LogP contribution is -2.17. The fourth-order valence-corrected chi connectivity index (χ4v) is 1.76. The molecule has 6 heteroatoms. The Morgan fingerprint density at radius 2 is 1.65 bits per heavy atom. The first kappa shape index (κ1) is 16.5. The van der Waals surface area contributed by atoms with Gasteiger partial charge in [0.05, 0.1) is 0 Å². The van der Waals surface area contributed by atoms with Crippen LogP contribution in [0.2, 0.25) is 0 Å². The first-order valence-corrected chi connectivity index (χ1v) is 7.44. The van der Waals surface area contributed by atoms with Gasteiger partial charge in [0.1, 0.15) is 0 Å². The number of rotatable bonds is 9. The van der Waals surface area contributed by atoms with Crippen LogP contribution < -0.4 is 15.5 Å². The summed E-state index contributed by atoms with van der Waals surface area (Å²) in [6.07, 6.45) is 3.64. The Hall–Kier alpha value is -1.59. The molecule has 0 spiro atoms. The van der Waals surface area contributed by atoms with Gasteiger partial charge in [0.2, 0.25) is 17.8 Å². The van der Waals surface area contributed by atoms with Crippen molar-refractivity contribution in [1.29, 1.82) is 0 Å². The summed E-state index contributed by atoms with van der Waals surface area (Å²) in [6, 6.07) is 0. The maximum atomic E-state index is 4.40. The normalized spacial score (nSPS) is 10.7. The monoisotopic (exact) mass is 280 g/mol. The molecule has 0 unspecified atom stereocenters. The van der Waals surface area contributed by atoms with Crippen LogP contribution in [0.25, 0.3) is 0 Å². The highest BCUT2D eigenvalue weighted by Crippen LogP contribution is 2.12. The minimum Gasteiger partial charge on any atom is -0.354 e. The first-order valence-electron chi connectivity index (χ1n) is 7.44. The van der Waals surface area contributed by atoms with Gasteiger partial charge in [0.25, 0.3) is 0 Å². The Balaban J connectivity index is 2.55. The summed E-state index contributed by atoms with van der Waals surface area (Å²) < 4.78 is 0. The van der Waals surface area contributed by atoms with E-state index in [1.165, 1.54) is 12.8 Å². The zero-order valence-corrected chi connectivity index (χ0v) is 13.4. The Morgan fingerprint density at radius 3 is 2.20 bits per heavy atom. The van der Waals surface area contributed by atoms with E-state index in [-0.39, 0.29) is 0 Å². The molecular weight excluding hydrogens is 252 g/mol. The van der Waals surface area contributed by atoms with Crippen LogP contribution in [0, 0.1) is 5.92 Å². The topological polar surface area (TPSA) is 66.0 Å². The average molecular weight is 280 g/mol. The van der Waals surface area contributed by atoms with Gasteiger partial charge >= 0.3 is 0 Å². The van der Waals surface area contributed by atoms with Gasteiger partial charge < -0.3 is 15.5 Å².